The van der Waals surface area contributed by atoms with Gasteiger partial charge in [0.25, 0.3) is 0 Å². The zero-order valence-electron chi connectivity index (χ0n) is 15.3. The summed E-state index contributed by atoms with van der Waals surface area (Å²) >= 11 is 3.63. The van der Waals surface area contributed by atoms with Crippen LogP contribution in [-0.4, -0.2) is 4.57 Å². The molecule has 2 aromatic carbocycles. The van der Waals surface area contributed by atoms with E-state index in [0.717, 1.165) is 4.47 Å². The average molecular weight is 394 g/mol. The molecule has 0 N–H and O–H groups in total. The van der Waals surface area contributed by atoms with Crippen LogP contribution in [0.3, 0.4) is 0 Å². The molecule has 0 amide bonds. The van der Waals surface area contributed by atoms with Crippen molar-refractivity contribution in [2.45, 2.75) is 33.7 Å². The van der Waals surface area contributed by atoms with E-state index < -0.39 is 0 Å². The van der Waals surface area contributed by atoms with Gasteiger partial charge in [-0.2, -0.15) is 0 Å². The third kappa shape index (κ3) is 2.77. The van der Waals surface area contributed by atoms with Crippen LogP contribution in [0.4, 0.5) is 0 Å². The molecule has 1 aliphatic rings. The number of allylic oxidation sites excluding steroid dienone is 4. The second kappa shape index (κ2) is 5.88. The van der Waals surface area contributed by atoms with E-state index in [0.29, 0.717) is 12.0 Å². The normalized spacial score (nSPS) is 21.1. The summed E-state index contributed by atoms with van der Waals surface area (Å²) in [4.78, 5) is 0. The van der Waals surface area contributed by atoms with Crippen LogP contribution < -0.4 is 0 Å². The third-order valence-electron chi connectivity index (χ3n) is 5.29. The van der Waals surface area contributed by atoms with Gasteiger partial charge in [0, 0.05) is 26.3 Å². The second-order valence-corrected chi connectivity index (χ2v) is 9.05. The van der Waals surface area contributed by atoms with Crippen molar-refractivity contribution < 1.29 is 0 Å². The summed E-state index contributed by atoms with van der Waals surface area (Å²) in [6.07, 6.45) is 7.16. The summed E-state index contributed by atoms with van der Waals surface area (Å²) in [6, 6.07) is 15.7. The van der Waals surface area contributed by atoms with Crippen molar-refractivity contribution in [2.75, 3.05) is 0 Å². The van der Waals surface area contributed by atoms with Crippen LogP contribution in [0.15, 0.2) is 70.7 Å². The number of hydrogen-bond acceptors (Lipinski definition) is 0. The highest BCUT2D eigenvalue weighted by Gasteiger charge is 2.26. The molecule has 2 heteroatoms. The van der Waals surface area contributed by atoms with Crippen LogP contribution in [0.2, 0.25) is 0 Å². The van der Waals surface area contributed by atoms with Crippen LogP contribution in [0, 0.1) is 11.3 Å². The predicted octanol–water partition coefficient (Wildman–Crippen LogP) is 7.28. The van der Waals surface area contributed by atoms with E-state index in [1.807, 2.05) is 0 Å². The largest absolute Gasteiger partial charge is 0.333 e. The molecule has 4 rings (SSSR count). The number of aromatic nitrogens is 1. The van der Waals surface area contributed by atoms with Crippen molar-refractivity contribution in [3.8, 4) is 0 Å². The van der Waals surface area contributed by atoms with E-state index in [1.165, 1.54) is 27.4 Å². The SMILES string of the molecule is CC1C=C(C(C)(C)C)C=CC1n1c2ccccc2c2cc(Br)ccc21. The fraction of sp³-hybridized carbons (Fsp3) is 0.304. The van der Waals surface area contributed by atoms with Crippen molar-refractivity contribution in [1.82, 2.24) is 4.57 Å². The molecule has 2 atom stereocenters. The summed E-state index contributed by atoms with van der Waals surface area (Å²) < 4.78 is 3.64. The van der Waals surface area contributed by atoms with E-state index in [-0.39, 0.29) is 5.41 Å². The fourth-order valence-corrected chi connectivity index (χ4v) is 4.29. The summed E-state index contributed by atoms with van der Waals surface area (Å²) in [5, 5.41) is 2.64. The van der Waals surface area contributed by atoms with E-state index in [2.05, 4.69) is 109 Å². The Labute approximate surface area is 158 Å². The van der Waals surface area contributed by atoms with Crippen molar-refractivity contribution in [3.05, 3.63) is 70.7 Å². The highest BCUT2D eigenvalue weighted by atomic mass is 79.9. The highest BCUT2D eigenvalue weighted by molar-refractivity contribution is 9.10. The molecule has 1 aromatic heterocycles. The van der Waals surface area contributed by atoms with Gasteiger partial charge < -0.3 is 4.57 Å². The van der Waals surface area contributed by atoms with Crippen LogP contribution in [0.25, 0.3) is 21.8 Å². The first-order chi connectivity index (χ1) is 11.9. The van der Waals surface area contributed by atoms with Crippen molar-refractivity contribution in [1.29, 1.82) is 0 Å². The van der Waals surface area contributed by atoms with Gasteiger partial charge in [-0.15, -0.1) is 0 Å². The van der Waals surface area contributed by atoms with Gasteiger partial charge in [-0.3, -0.25) is 0 Å². The van der Waals surface area contributed by atoms with Crippen molar-refractivity contribution >= 4 is 37.7 Å². The maximum absolute atomic E-state index is 3.63. The van der Waals surface area contributed by atoms with Crippen molar-refractivity contribution in [2.24, 2.45) is 11.3 Å². The molecule has 0 saturated carbocycles. The molecule has 1 heterocycles. The maximum Gasteiger partial charge on any atom is 0.0586 e. The zero-order valence-corrected chi connectivity index (χ0v) is 16.8. The van der Waals surface area contributed by atoms with Crippen LogP contribution in [0.5, 0.6) is 0 Å². The molecule has 128 valence electrons. The molecule has 0 fully saturated rings. The minimum atomic E-state index is 0.196. The Morgan fingerprint density at radius 3 is 2.40 bits per heavy atom. The fourth-order valence-electron chi connectivity index (χ4n) is 3.93. The molecular weight excluding hydrogens is 370 g/mol. The number of para-hydroxylation sites is 1. The summed E-state index contributed by atoms with van der Waals surface area (Å²) in [6.45, 7) is 9.19. The average Bonchev–Trinajstić information content (AvgIpc) is 2.88. The van der Waals surface area contributed by atoms with E-state index in [1.54, 1.807) is 0 Å². The lowest BCUT2D eigenvalue weighted by atomic mass is 9.80. The Morgan fingerprint density at radius 2 is 1.68 bits per heavy atom. The third-order valence-corrected chi connectivity index (χ3v) is 5.78. The topological polar surface area (TPSA) is 4.93 Å². The number of rotatable bonds is 1. The summed E-state index contributed by atoms with van der Waals surface area (Å²) in [5.41, 5.74) is 4.24. The number of hydrogen-bond donors (Lipinski definition) is 0. The Balaban J connectivity index is 1.93. The van der Waals surface area contributed by atoms with Crippen LogP contribution in [0.1, 0.15) is 33.7 Å². The number of nitrogens with zero attached hydrogens (tertiary/aromatic N) is 1. The number of benzene rings is 2. The summed E-state index contributed by atoms with van der Waals surface area (Å²) in [7, 11) is 0. The number of halogens is 1. The molecule has 1 nitrogen and oxygen atoms in total. The Hall–Kier alpha value is -1.80. The van der Waals surface area contributed by atoms with E-state index >= 15 is 0 Å². The first-order valence-electron chi connectivity index (χ1n) is 8.95. The molecule has 0 bridgehead atoms. The lowest BCUT2D eigenvalue weighted by Crippen LogP contribution is -2.20. The molecular formula is C23H24BrN. The van der Waals surface area contributed by atoms with Gasteiger partial charge >= 0.3 is 0 Å². The monoisotopic (exact) mass is 393 g/mol. The predicted molar refractivity (Wildman–Crippen MR) is 112 cm³/mol. The van der Waals surface area contributed by atoms with Crippen molar-refractivity contribution in [3.63, 3.8) is 0 Å². The molecule has 0 radical (unpaired) electrons. The van der Waals surface area contributed by atoms with E-state index in [4.69, 9.17) is 0 Å². The second-order valence-electron chi connectivity index (χ2n) is 8.13. The minimum absolute atomic E-state index is 0.196. The number of fused-ring (bicyclic) bond motifs is 3. The Kier molecular flexibility index (Phi) is 3.92. The molecule has 25 heavy (non-hydrogen) atoms. The van der Waals surface area contributed by atoms with Crippen LogP contribution >= 0.6 is 15.9 Å². The van der Waals surface area contributed by atoms with E-state index in [9.17, 15) is 0 Å². The van der Waals surface area contributed by atoms with Gasteiger partial charge in [0.2, 0.25) is 0 Å². The summed E-state index contributed by atoms with van der Waals surface area (Å²) in [5.74, 6) is 0.460. The first-order valence-corrected chi connectivity index (χ1v) is 9.74. The molecule has 0 aliphatic heterocycles. The van der Waals surface area contributed by atoms with Crippen LogP contribution in [-0.2, 0) is 0 Å². The lowest BCUT2D eigenvalue weighted by Gasteiger charge is -2.30. The quantitative estimate of drug-likeness (QED) is 0.409. The first kappa shape index (κ1) is 16.7. The van der Waals surface area contributed by atoms with Gasteiger partial charge in [-0.1, -0.05) is 80.1 Å². The molecule has 2 unspecified atom stereocenters. The molecule has 0 spiro atoms. The van der Waals surface area contributed by atoms with Gasteiger partial charge in [-0.05, 0) is 41.2 Å². The Bertz CT molecular complexity index is 1010. The van der Waals surface area contributed by atoms with Gasteiger partial charge in [0.1, 0.15) is 0 Å². The van der Waals surface area contributed by atoms with Gasteiger partial charge in [-0.25, -0.2) is 0 Å². The molecule has 1 aliphatic carbocycles. The zero-order chi connectivity index (χ0) is 17.8. The lowest BCUT2D eigenvalue weighted by molar-refractivity contribution is 0.465. The standard InChI is InChI=1S/C23H24BrN/c1-15-13-16(23(2,3)4)9-11-20(15)25-21-8-6-5-7-18(21)19-14-17(24)10-12-22(19)25/h5-15,20H,1-4H3. The van der Waals surface area contributed by atoms with Gasteiger partial charge in [0.05, 0.1) is 6.04 Å². The smallest absolute Gasteiger partial charge is 0.0586 e. The maximum atomic E-state index is 3.63. The Morgan fingerprint density at radius 1 is 0.960 bits per heavy atom. The minimum Gasteiger partial charge on any atom is -0.333 e. The highest BCUT2D eigenvalue weighted by Crippen LogP contribution is 2.40. The molecule has 3 aromatic rings. The van der Waals surface area contributed by atoms with Gasteiger partial charge in [0.15, 0.2) is 0 Å². The molecule has 0 saturated heterocycles.